The molecule has 1 fully saturated rings. The predicted molar refractivity (Wildman–Crippen MR) is 207 cm³/mol. The molecule has 1 aliphatic heterocycles. The molecule has 0 radical (unpaired) electrons. The molecule has 0 atom stereocenters. The SMILES string of the molecule is CCC=CCC=CCC=CCC=CCC=CCCCC(=O)N1CCC(CNC(=O)C(C)(C)Oc2ccc(C(=O)c3ccc(Cl)cc3)cc2)CC1. The number of rotatable bonds is 20. The smallest absolute Gasteiger partial charge is 0.263 e. The van der Waals surface area contributed by atoms with Gasteiger partial charge in [-0.25, -0.2) is 0 Å². The van der Waals surface area contributed by atoms with E-state index >= 15 is 0 Å². The largest absolute Gasteiger partial charge is 0.478 e. The molecule has 0 saturated carbocycles. The third kappa shape index (κ3) is 15.2. The lowest BCUT2D eigenvalue weighted by molar-refractivity contribution is -0.135. The van der Waals surface area contributed by atoms with Crippen molar-refractivity contribution in [1.82, 2.24) is 10.2 Å². The van der Waals surface area contributed by atoms with Crippen molar-refractivity contribution in [3.63, 3.8) is 0 Å². The van der Waals surface area contributed by atoms with Crippen LogP contribution >= 0.6 is 11.6 Å². The molecule has 1 N–H and O–H groups in total. The molecular weight excluding hydrogens is 644 g/mol. The van der Waals surface area contributed by atoms with Gasteiger partial charge in [0.15, 0.2) is 11.4 Å². The number of ether oxygens (including phenoxy) is 1. The number of likely N-dealkylation sites (tertiary alicyclic amines) is 1. The number of piperidine rings is 1. The van der Waals surface area contributed by atoms with Crippen LogP contribution in [-0.2, 0) is 9.59 Å². The third-order valence-electron chi connectivity index (χ3n) is 8.58. The van der Waals surface area contributed by atoms with E-state index in [-0.39, 0.29) is 17.6 Å². The van der Waals surface area contributed by atoms with Gasteiger partial charge in [0.05, 0.1) is 0 Å². The lowest BCUT2D eigenvalue weighted by Crippen LogP contribution is -2.49. The average Bonchev–Trinajstić information content (AvgIpc) is 3.12. The fourth-order valence-electron chi connectivity index (χ4n) is 5.52. The van der Waals surface area contributed by atoms with Crippen LogP contribution in [0.5, 0.6) is 5.75 Å². The number of unbranched alkanes of at least 4 members (excludes halogenated alkanes) is 1. The first kappa shape index (κ1) is 40.3. The summed E-state index contributed by atoms with van der Waals surface area (Å²) in [5.74, 6) is 0.728. The Labute approximate surface area is 305 Å². The molecule has 2 aromatic rings. The first-order valence-corrected chi connectivity index (χ1v) is 18.5. The van der Waals surface area contributed by atoms with Crippen molar-refractivity contribution in [3.05, 3.63) is 125 Å². The summed E-state index contributed by atoms with van der Waals surface area (Å²) in [7, 11) is 0. The monoisotopic (exact) mass is 698 g/mol. The van der Waals surface area contributed by atoms with Crippen molar-refractivity contribution in [3.8, 4) is 5.75 Å². The normalized spacial score (nSPS) is 14.5. The van der Waals surface area contributed by atoms with Crippen LogP contribution in [0.2, 0.25) is 5.02 Å². The lowest BCUT2D eigenvalue weighted by Gasteiger charge is -2.33. The molecule has 0 unspecified atom stereocenters. The number of benzene rings is 2. The molecule has 1 saturated heterocycles. The number of hydrogen-bond acceptors (Lipinski definition) is 4. The van der Waals surface area contributed by atoms with E-state index < -0.39 is 5.60 Å². The number of halogens is 1. The standard InChI is InChI=1S/C43H55ClN2O4/c1-4-5-6-7-8-9-10-11-12-13-14-15-16-17-18-19-20-21-40(47)46-32-30-35(31-33-46)34-45-42(49)43(2,3)50-39-28-24-37(25-29-39)41(48)36-22-26-38(44)27-23-36/h5-6,8-9,11-12,14-15,17-18,22-29,35H,4,7,10,13,16,19-21,30-34H2,1-3H3,(H,45,49). The number of nitrogens with one attached hydrogen (secondary N) is 1. The quantitative estimate of drug-likeness (QED) is 0.0849. The third-order valence-corrected chi connectivity index (χ3v) is 8.83. The van der Waals surface area contributed by atoms with Crippen molar-refractivity contribution in [2.45, 2.75) is 90.6 Å². The number of amides is 2. The molecule has 1 heterocycles. The highest BCUT2D eigenvalue weighted by molar-refractivity contribution is 6.30. The number of carbonyl (C=O) groups is 3. The van der Waals surface area contributed by atoms with Gasteiger partial charge in [-0.15, -0.1) is 0 Å². The summed E-state index contributed by atoms with van der Waals surface area (Å²) >= 11 is 5.93. The van der Waals surface area contributed by atoms with Gasteiger partial charge in [0.1, 0.15) is 5.75 Å². The Bertz CT molecular complexity index is 1480. The molecule has 2 amide bonds. The van der Waals surface area contributed by atoms with Crippen molar-refractivity contribution in [2.75, 3.05) is 19.6 Å². The minimum Gasteiger partial charge on any atom is -0.478 e. The van der Waals surface area contributed by atoms with Gasteiger partial charge in [-0.3, -0.25) is 14.4 Å². The van der Waals surface area contributed by atoms with Gasteiger partial charge in [0.25, 0.3) is 5.91 Å². The maximum atomic E-state index is 13.0. The molecule has 0 aromatic heterocycles. The fraction of sp³-hybridized carbons (Fsp3) is 0.419. The molecule has 6 nitrogen and oxygen atoms in total. The summed E-state index contributed by atoms with van der Waals surface area (Å²) in [5, 5.41) is 3.62. The number of carbonyl (C=O) groups excluding carboxylic acids is 3. The molecule has 2 aromatic carbocycles. The lowest BCUT2D eigenvalue weighted by atomic mass is 9.96. The maximum Gasteiger partial charge on any atom is 0.263 e. The highest BCUT2D eigenvalue weighted by atomic mass is 35.5. The van der Waals surface area contributed by atoms with Gasteiger partial charge in [0, 0.05) is 42.2 Å². The highest BCUT2D eigenvalue weighted by Crippen LogP contribution is 2.22. The molecule has 0 bridgehead atoms. The highest BCUT2D eigenvalue weighted by Gasteiger charge is 2.31. The van der Waals surface area contributed by atoms with E-state index in [4.69, 9.17) is 16.3 Å². The van der Waals surface area contributed by atoms with Crippen molar-refractivity contribution in [1.29, 1.82) is 0 Å². The topological polar surface area (TPSA) is 75.7 Å². The van der Waals surface area contributed by atoms with E-state index in [9.17, 15) is 14.4 Å². The number of nitrogens with zero attached hydrogens (tertiary/aromatic N) is 1. The zero-order chi connectivity index (χ0) is 36.0. The zero-order valence-corrected chi connectivity index (χ0v) is 30.9. The van der Waals surface area contributed by atoms with E-state index in [1.54, 1.807) is 62.4 Å². The Balaban J connectivity index is 1.25. The molecule has 7 heteroatoms. The molecule has 0 spiro atoms. The Morgan fingerprint density at radius 1 is 0.780 bits per heavy atom. The van der Waals surface area contributed by atoms with Gasteiger partial charge in [-0.05, 0) is 126 Å². The molecule has 0 aliphatic carbocycles. The van der Waals surface area contributed by atoms with Gasteiger partial charge in [-0.2, -0.15) is 0 Å². The summed E-state index contributed by atoms with van der Waals surface area (Å²) in [4.78, 5) is 40.5. The molecule has 50 heavy (non-hydrogen) atoms. The van der Waals surface area contributed by atoms with Crippen LogP contribution in [0.25, 0.3) is 0 Å². The fourth-order valence-corrected chi connectivity index (χ4v) is 5.64. The molecule has 268 valence electrons. The number of allylic oxidation sites excluding steroid dienone is 10. The van der Waals surface area contributed by atoms with Crippen molar-refractivity contribution < 1.29 is 19.1 Å². The minimum absolute atomic E-state index is 0.112. The van der Waals surface area contributed by atoms with Crippen LogP contribution in [0.4, 0.5) is 0 Å². The second kappa shape index (κ2) is 22.5. The zero-order valence-electron chi connectivity index (χ0n) is 30.1. The van der Waals surface area contributed by atoms with Crippen LogP contribution in [-0.4, -0.2) is 47.7 Å². The van der Waals surface area contributed by atoms with Crippen LogP contribution in [0, 0.1) is 5.92 Å². The molecule has 3 rings (SSSR count). The van der Waals surface area contributed by atoms with Gasteiger partial charge >= 0.3 is 0 Å². The maximum absolute atomic E-state index is 13.0. The first-order chi connectivity index (χ1) is 24.2. The van der Waals surface area contributed by atoms with Gasteiger partial charge in [-0.1, -0.05) is 79.3 Å². The Kier molecular flexibility index (Phi) is 18.2. The van der Waals surface area contributed by atoms with E-state index in [1.165, 1.54) is 0 Å². The van der Waals surface area contributed by atoms with Crippen LogP contribution < -0.4 is 10.1 Å². The minimum atomic E-state index is -1.09. The Morgan fingerprint density at radius 2 is 1.28 bits per heavy atom. The van der Waals surface area contributed by atoms with Gasteiger partial charge in [0.2, 0.25) is 5.91 Å². The summed E-state index contributed by atoms with van der Waals surface area (Å²) in [6, 6.07) is 13.6. The molecule has 1 aliphatic rings. The second-order valence-electron chi connectivity index (χ2n) is 13.1. The van der Waals surface area contributed by atoms with Crippen molar-refractivity contribution >= 4 is 29.2 Å². The van der Waals surface area contributed by atoms with E-state index in [0.717, 1.165) is 70.9 Å². The van der Waals surface area contributed by atoms with Crippen LogP contribution in [0.15, 0.2) is 109 Å². The summed E-state index contributed by atoms with van der Waals surface area (Å²) in [6.07, 6.45) is 30.9. The summed E-state index contributed by atoms with van der Waals surface area (Å²) in [5.41, 5.74) is -0.0175. The first-order valence-electron chi connectivity index (χ1n) is 18.1. The predicted octanol–water partition coefficient (Wildman–Crippen LogP) is 10.0. The summed E-state index contributed by atoms with van der Waals surface area (Å²) in [6.45, 7) is 7.61. The number of hydrogen-bond donors (Lipinski definition) is 1. The van der Waals surface area contributed by atoms with E-state index in [1.807, 2.05) is 4.90 Å². The summed E-state index contributed by atoms with van der Waals surface area (Å²) < 4.78 is 6.01. The Morgan fingerprint density at radius 3 is 1.82 bits per heavy atom. The van der Waals surface area contributed by atoms with E-state index in [0.29, 0.717) is 40.8 Å². The number of ketones is 1. The van der Waals surface area contributed by atoms with E-state index in [2.05, 4.69) is 73.0 Å². The van der Waals surface area contributed by atoms with Crippen molar-refractivity contribution in [2.24, 2.45) is 5.92 Å². The Hall–Kier alpha value is -4.16. The molecular formula is C43H55ClN2O4. The van der Waals surface area contributed by atoms with Crippen LogP contribution in [0.3, 0.4) is 0 Å². The van der Waals surface area contributed by atoms with Crippen LogP contribution in [0.1, 0.15) is 101 Å². The average molecular weight is 699 g/mol. The second-order valence-corrected chi connectivity index (χ2v) is 13.5. The van der Waals surface area contributed by atoms with Gasteiger partial charge < -0.3 is 15.0 Å².